The molecule has 1 saturated heterocycles. The molecule has 0 bridgehead atoms. The molecule has 2 aliphatic rings. The van der Waals surface area contributed by atoms with Crippen LogP contribution >= 0.6 is 11.8 Å². The van der Waals surface area contributed by atoms with Crippen molar-refractivity contribution in [1.82, 2.24) is 10.2 Å². The summed E-state index contributed by atoms with van der Waals surface area (Å²) in [7, 11) is 2.19. The highest BCUT2D eigenvalue weighted by Gasteiger charge is 2.39. The highest BCUT2D eigenvalue weighted by Crippen LogP contribution is 2.38. The van der Waals surface area contributed by atoms with E-state index in [1.165, 1.54) is 36.6 Å². The Morgan fingerprint density at radius 2 is 2.10 bits per heavy atom. The summed E-state index contributed by atoms with van der Waals surface area (Å²) in [6, 6.07) is 0.633. The minimum absolute atomic E-state index is 0.380. The fourth-order valence-corrected chi connectivity index (χ4v) is 4.18. The fourth-order valence-electron chi connectivity index (χ4n) is 2.93. The minimum atomic E-state index is 0.380. The summed E-state index contributed by atoms with van der Waals surface area (Å²) in [5.41, 5.74) is 0.380. The van der Waals surface area contributed by atoms with Gasteiger partial charge in [0.15, 0.2) is 5.17 Å². The summed E-state index contributed by atoms with van der Waals surface area (Å²) >= 11 is 1.94. The van der Waals surface area contributed by atoms with Crippen molar-refractivity contribution in [2.45, 2.75) is 64.5 Å². The quantitative estimate of drug-likeness (QED) is 0.789. The van der Waals surface area contributed by atoms with E-state index in [9.17, 15) is 0 Å². The molecule has 0 unspecified atom stereocenters. The van der Waals surface area contributed by atoms with Crippen molar-refractivity contribution in [3.8, 4) is 0 Å². The van der Waals surface area contributed by atoms with Crippen molar-refractivity contribution in [3.63, 3.8) is 0 Å². The third-order valence-electron chi connectivity index (χ3n) is 4.89. The topological polar surface area (TPSA) is 27.6 Å². The zero-order valence-corrected chi connectivity index (χ0v) is 14.4. The van der Waals surface area contributed by atoms with Gasteiger partial charge in [-0.2, -0.15) is 0 Å². The molecule has 20 heavy (non-hydrogen) atoms. The monoisotopic (exact) mass is 297 g/mol. The summed E-state index contributed by atoms with van der Waals surface area (Å²) in [6.45, 7) is 8.97. The van der Waals surface area contributed by atoms with Crippen LogP contribution in [0.3, 0.4) is 0 Å². The first kappa shape index (κ1) is 16.2. The Hall–Kier alpha value is -0.220. The summed E-state index contributed by atoms with van der Waals surface area (Å²) in [6.07, 6.45) is 6.57. The van der Waals surface area contributed by atoms with E-state index in [0.29, 0.717) is 11.6 Å². The van der Waals surface area contributed by atoms with E-state index >= 15 is 0 Å². The molecule has 3 nitrogen and oxygen atoms in total. The number of thioether (sulfide) groups is 1. The van der Waals surface area contributed by atoms with Crippen LogP contribution < -0.4 is 5.32 Å². The minimum Gasteiger partial charge on any atom is -0.359 e. The predicted octanol–water partition coefficient (Wildman–Crippen LogP) is 3.36. The molecule has 0 aromatic carbocycles. The lowest BCUT2D eigenvalue weighted by atomic mass is 9.78. The Balaban J connectivity index is 1.71. The van der Waals surface area contributed by atoms with Gasteiger partial charge in [0.05, 0.1) is 0 Å². The van der Waals surface area contributed by atoms with Crippen LogP contribution in [-0.2, 0) is 0 Å². The molecule has 2 rings (SSSR count). The smallest absolute Gasteiger partial charge is 0.157 e. The number of hydrogen-bond donors (Lipinski definition) is 1. The molecule has 0 atom stereocenters. The number of nitrogens with zero attached hydrogens (tertiary/aromatic N) is 2. The van der Waals surface area contributed by atoms with E-state index in [1.807, 2.05) is 11.8 Å². The third kappa shape index (κ3) is 4.39. The Bertz CT molecular complexity index is 333. The van der Waals surface area contributed by atoms with Crippen LogP contribution in [0.2, 0.25) is 0 Å². The first-order valence-corrected chi connectivity index (χ1v) is 9.15. The van der Waals surface area contributed by atoms with Gasteiger partial charge in [0.1, 0.15) is 0 Å². The molecule has 0 aromatic heterocycles. The Labute approximate surface area is 129 Å². The molecule has 0 amide bonds. The van der Waals surface area contributed by atoms with Crippen molar-refractivity contribution in [3.05, 3.63) is 0 Å². The van der Waals surface area contributed by atoms with Crippen molar-refractivity contribution in [2.75, 3.05) is 25.9 Å². The molecule has 116 valence electrons. The van der Waals surface area contributed by atoms with E-state index in [1.54, 1.807) is 0 Å². The zero-order valence-electron chi connectivity index (χ0n) is 13.6. The summed E-state index contributed by atoms with van der Waals surface area (Å²) in [5.74, 6) is 2.14. The molecule has 1 heterocycles. The lowest BCUT2D eigenvalue weighted by molar-refractivity contribution is 0.250. The average molecular weight is 298 g/mol. The Morgan fingerprint density at radius 1 is 1.40 bits per heavy atom. The number of aliphatic imine (C=N–C) groups is 1. The molecule has 1 aliphatic heterocycles. The maximum Gasteiger partial charge on any atom is 0.157 e. The lowest BCUT2D eigenvalue weighted by Crippen LogP contribution is -2.46. The molecule has 1 aliphatic carbocycles. The van der Waals surface area contributed by atoms with Gasteiger partial charge in [0.25, 0.3) is 0 Å². The molecule has 0 radical (unpaired) electrons. The van der Waals surface area contributed by atoms with Gasteiger partial charge in [-0.25, -0.2) is 0 Å². The largest absolute Gasteiger partial charge is 0.359 e. The fraction of sp³-hybridized carbons (Fsp3) is 0.938. The van der Waals surface area contributed by atoms with Crippen LogP contribution in [0.25, 0.3) is 0 Å². The van der Waals surface area contributed by atoms with Crippen LogP contribution in [0.15, 0.2) is 4.99 Å². The zero-order chi connectivity index (χ0) is 14.6. The van der Waals surface area contributed by atoms with Crippen LogP contribution in [0.1, 0.15) is 52.9 Å². The first-order chi connectivity index (χ1) is 9.51. The summed E-state index contributed by atoms with van der Waals surface area (Å²) in [5, 5.41) is 4.94. The van der Waals surface area contributed by atoms with Crippen molar-refractivity contribution in [2.24, 2.45) is 10.9 Å². The number of nitrogens with one attached hydrogen (secondary N) is 1. The standard InChI is InChI=1S/C16H31N3S/c1-13(2)19(4)11-5-10-17-15-18-16(12-20-15)8-6-14(3)7-9-16/h13-14H,5-12H2,1-4H3,(H,17,18). The maximum atomic E-state index is 4.76. The van der Waals surface area contributed by atoms with Gasteiger partial charge in [0, 0.05) is 23.9 Å². The molecule has 1 spiro atoms. The maximum absolute atomic E-state index is 4.76. The van der Waals surface area contributed by atoms with E-state index in [2.05, 4.69) is 38.0 Å². The number of rotatable bonds is 5. The molecule has 4 heteroatoms. The molecule has 2 fully saturated rings. The second kappa shape index (κ2) is 7.17. The highest BCUT2D eigenvalue weighted by atomic mass is 32.2. The second-order valence-corrected chi connectivity index (χ2v) is 7.96. The second-order valence-electron chi connectivity index (χ2n) is 6.99. The average Bonchev–Trinajstić information content (AvgIpc) is 2.82. The summed E-state index contributed by atoms with van der Waals surface area (Å²) < 4.78 is 0. The number of amidine groups is 1. The van der Waals surface area contributed by atoms with Crippen LogP contribution in [0.4, 0.5) is 0 Å². The van der Waals surface area contributed by atoms with Crippen molar-refractivity contribution >= 4 is 16.9 Å². The highest BCUT2D eigenvalue weighted by molar-refractivity contribution is 8.14. The molecule has 0 aromatic rings. The Kier molecular flexibility index (Phi) is 5.79. The van der Waals surface area contributed by atoms with Crippen LogP contribution in [-0.4, -0.2) is 47.5 Å². The predicted molar refractivity (Wildman–Crippen MR) is 90.6 cm³/mol. The van der Waals surface area contributed by atoms with Crippen molar-refractivity contribution in [1.29, 1.82) is 0 Å². The van der Waals surface area contributed by atoms with Crippen LogP contribution in [0.5, 0.6) is 0 Å². The van der Waals surface area contributed by atoms with Gasteiger partial charge >= 0.3 is 0 Å². The van der Waals surface area contributed by atoms with Gasteiger partial charge in [-0.15, -0.1) is 0 Å². The van der Waals surface area contributed by atoms with Gasteiger partial charge in [-0.1, -0.05) is 18.7 Å². The first-order valence-electron chi connectivity index (χ1n) is 8.16. The molecular weight excluding hydrogens is 266 g/mol. The molecular formula is C16H31N3S. The van der Waals surface area contributed by atoms with Crippen LogP contribution in [0, 0.1) is 5.92 Å². The Morgan fingerprint density at radius 3 is 2.75 bits per heavy atom. The van der Waals surface area contributed by atoms with Gasteiger partial charge in [-0.3, -0.25) is 4.99 Å². The third-order valence-corrected chi connectivity index (χ3v) is 6.10. The van der Waals surface area contributed by atoms with E-state index in [-0.39, 0.29) is 0 Å². The normalized spacial score (nSPS) is 32.5. The SMILES string of the molecule is CC1CCC2(CC1)CSC(=NCCCN(C)C(C)C)N2. The van der Waals surface area contributed by atoms with E-state index in [4.69, 9.17) is 4.99 Å². The van der Waals surface area contributed by atoms with Gasteiger partial charge < -0.3 is 10.2 Å². The van der Waals surface area contributed by atoms with E-state index < -0.39 is 0 Å². The lowest BCUT2D eigenvalue weighted by Gasteiger charge is -2.35. The molecule has 1 saturated carbocycles. The molecule has 1 N–H and O–H groups in total. The number of hydrogen-bond acceptors (Lipinski definition) is 3. The van der Waals surface area contributed by atoms with Gasteiger partial charge in [0.2, 0.25) is 0 Å². The van der Waals surface area contributed by atoms with E-state index in [0.717, 1.165) is 25.4 Å². The van der Waals surface area contributed by atoms with Crippen molar-refractivity contribution < 1.29 is 0 Å². The van der Waals surface area contributed by atoms with Gasteiger partial charge in [-0.05, 0) is 65.5 Å². The summed E-state index contributed by atoms with van der Waals surface area (Å²) in [4.78, 5) is 7.15.